The second kappa shape index (κ2) is 8.87. The number of rotatable bonds is 9. The van der Waals surface area contributed by atoms with Crippen molar-refractivity contribution in [2.24, 2.45) is 0 Å². The number of thioether (sulfide) groups is 2. The lowest BCUT2D eigenvalue weighted by molar-refractivity contribution is -0.139. The Morgan fingerprint density at radius 1 is 1.37 bits per heavy atom. The van der Waals surface area contributed by atoms with Crippen molar-refractivity contribution in [3.63, 3.8) is 0 Å². The van der Waals surface area contributed by atoms with E-state index in [4.69, 9.17) is 5.11 Å². The van der Waals surface area contributed by atoms with Crippen molar-refractivity contribution in [1.29, 1.82) is 0 Å². The summed E-state index contributed by atoms with van der Waals surface area (Å²) in [7, 11) is 0. The van der Waals surface area contributed by atoms with E-state index < -0.39 is 12.0 Å². The molecular weight excluding hydrogens is 282 g/mol. The molecule has 2 N–H and O–H groups in total. The lowest BCUT2D eigenvalue weighted by Crippen LogP contribution is -2.37. The number of carboxylic acid groups (broad SMARTS) is 1. The minimum Gasteiger partial charge on any atom is -0.480 e. The van der Waals surface area contributed by atoms with Gasteiger partial charge in [0, 0.05) is 22.2 Å². The Kier molecular flexibility index (Phi) is 7.43. The van der Waals surface area contributed by atoms with Gasteiger partial charge in [0.2, 0.25) is 6.41 Å². The van der Waals surface area contributed by atoms with Gasteiger partial charge in [0.05, 0.1) is 0 Å². The first-order valence-electron chi connectivity index (χ1n) is 5.83. The molecule has 0 bridgehead atoms. The molecule has 0 aliphatic heterocycles. The Balaban J connectivity index is 2.18. The van der Waals surface area contributed by atoms with Gasteiger partial charge in [0.15, 0.2) is 0 Å². The summed E-state index contributed by atoms with van der Waals surface area (Å²) < 4.78 is 0. The minimum absolute atomic E-state index is 0.391. The van der Waals surface area contributed by atoms with Gasteiger partial charge in [-0.25, -0.2) is 4.79 Å². The molecule has 1 aromatic carbocycles. The lowest BCUT2D eigenvalue weighted by Gasteiger charge is -2.10. The number of benzene rings is 1. The van der Waals surface area contributed by atoms with E-state index in [9.17, 15) is 9.59 Å². The Hall–Kier alpha value is -1.14. The molecule has 0 radical (unpaired) electrons. The van der Waals surface area contributed by atoms with Gasteiger partial charge < -0.3 is 10.4 Å². The van der Waals surface area contributed by atoms with Crippen LogP contribution in [0.2, 0.25) is 0 Å². The third-order valence-corrected chi connectivity index (χ3v) is 4.70. The number of carbonyl (C=O) groups excluding carboxylic acids is 1. The van der Waals surface area contributed by atoms with Crippen LogP contribution in [-0.2, 0) is 9.59 Å². The predicted octanol–water partition coefficient (Wildman–Crippen LogP) is 2.02. The topological polar surface area (TPSA) is 66.4 Å². The van der Waals surface area contributed by atoms with Gasteiger partial charge in [-0.3, -0.25) is 4.79 Å². The van der Waals surface area contributed by atoms with Crippen LogP contribution in [0.15, 0.2) is 29.2 Å². The van der Waals surface area contributed by atoms with Crippen molar-refractivity contribution in [1.82, 2.24) is 5.32 Å². The summed E-state index contributed by atoms with van der Waals surface area (Å²) in [5, 5.41) is 11.1. The van der Waals surface area contributed by atoms with Gasteiger partial charge in [-0.1, -0.05) is 17.7 Å². The fourth-order valence-corrected chi connectivity index (χ4v) is 3.34. The molecule has 1 amide bonds. The highest BCUT2D eigenvalue weighted by Crippen LogP contribution is 2.19. The number of carbonyl (C=O) groups is 2. The van der Waals surface area contributed by atoms with Crippen molar-refractivity contribution in [3.8, 4) is 0 Å². The molecule has 4 nitrogen and oxygen atoms in total. The quantitative estimate of drug-likeness (QED) is 0.415. The van der Waals surface area contributed by atoms with Crippen molar-refractivity contribution in [2.45, 2.75) is 17.9 Å². The zero-order valence-corrected chi connectivity index (χ0v) is 12.3. The second-order valence-corrected chi connectivity index (χ2v) is 6.23. The van der Waals surface area contributed by atoms with Crippen LogP contribution in [0.3, 0.4) is 0 Å². The highest BCUT2D eigenvalue weighted by Gasteiger charge is 2.15. The summed E-state index contributed by atoms with van der Waals surface area (Å²) >= 11 is 3.27. The van der Waals surface area contributed by atoms with E-state index in [0.717, 1.165) is 11.5 Å². The molecule has 0 saturated heterocycles. The number of nitrogens with one attached hydrogen (secondary N) is 1. The predicted molar refractivity (Wildman–Crippen MR) is 79.9 cm³/mol. The van der Waals surface area contributed by atoms with Gasteiger partial charge in [-0.2, -0.15) is 11.8 Å². The smallest absolute Gasteiger partial charge is 0.327 e. The average molecular weight is 299 g/mol. The fourth-order valence-electron chi connectivity index (χ4n) is 1.33. The van der Waals surface area contributed by atoms with Crippen LogP contribution in [0.5, 0.6) is 0 Å². The van der Waals surface area contributed by atoms with E-state index in [2.05, 4.69) is 36.5 Å². The van der Waals surface area contributed by atoms with E-state index in [-0.39, 0.29) is 0 Å². The highest BCUT2D eigenvalue weighted by atomic mass is 32.2. The third-order valence-electron chi connectivity index (χ3n) is 2.37. The van der Waals surface area contributed by atoms with Crippen LogP contribution in [-0.4, -0.2) is 40.8 Å². The zero-order valence-electron chi connectivity index (χ0n) is 10.7. The largest absolute Gasteiger partial charge is 0.480 e. The first-order chi connectivity index (χ1) is 9.13. The van der Waals surface area contributed by atoms with Crippen LogP contribution in [0.1, 0.15) is 5.56 Å². The summed E-state index contributed by atoms with van der Waals surface area (Å²) in [6.07, 6.45) is 0.431. The minimum atomic E-state index is -0.995. The number of hydrogen-bond acceptors (Lipinski definition) is 4. The van der Waals surface area contributed by atoms with Crippen molar-refractivity contribution in [3.05, 3.63) is 29.8 Å². The Labute approximate surface area is 121 Å². The van der Waals surface area contributed by atoms with E-state index in [1.165, 1.54) is 22.2 Å². The van der Waals surface area contributed by atoms with E-state index in [1.807, 2.05) is 0 Å². The number of aryl methyl sites for hydroxylation is 1. The normalized spacial score (nSPS) is 11.8. The van der Waals surface area contributed by atoms with E-state index >= 15 is 0 Å². The zero-order chi connectivity index (χ0) is 14.1. The van der Waals surface area contributed by atoms with Crippen LogP contribution < -0.4 is 5.32 Å². The van der Waals surface area contributed by atoms with Crippen molar-refractivity contribution >= 4 is 35.9 Å². The lowest BCUT2D eigenvalue weighted by atomic mass is 10.2. The molecule has 0 aliphatic carbocycles. The SMILES string of the molecule is Cc1ccc(SCCSCC(NC=O)C(=O)O)cc1. The molecule has 0 fully saturated rings. The molecule has 1 aromatic rings. The fraction of sp³-hybridized carbons (Fsp3) is 0.385. The molecule has 0 saturated carbocycles. The Bertz CT molecular complexity index is 409. The molecule has 1 rings (SSSR count). The maximum absolute atomic E-state index is 10.8. The average Bonchev–Trinajstić information content (AvgIpc) is 2.39. The van der Waals surface area contributed by atoms with Gasteiger partial charge in [0.25, 0.3) is 0 Å². The summed E-state index contributed by atoms with van der Waals surface area (Å²) in [6.45, 7) is 2.05. The standard InChI is InChI=1S/C13H17NO3S2/c1-10-2-4-11(5-3-10)19-7-6-18-8-12(13(16)17)14-9-15/h2-5,9,12H,6-8H2,1H3,(H,14,15)(H,16,17). The summed E-state index contributed by atoms with van der Waals surface area (Å²) in [4.78, 5) is 22.2. The van der Waals surface area contributed by atoms with E-state index in [1.54, 1.807) is 11.8 Å². The Morgan fingerprint density at radius 3 is 2.63 bits per heavy atom. The maximum atomic E-state index is 10.8. The Morgan fingerprint density at radius 2 is 2.05 bits per heavy atom. The summed E-state index contributed by atoms with van der Waals surface area (Å²) in [5.41, 5.74) is 1.24. The van der Waals surface area contributed by atoms with Crippen LogP contribution >= 0.6 is 23.5 Å². The molecule has 1 unspecified atom stereocenters. The van der Waals surface area contributed by atoms with Crippen molar-refractivity contribution in [2.75, 3.05) is 17.3 Å². The third kappa shape index (κ3) is 6.54. The first kappa shape index (κ1) is 15.9. The molecule has 104 valence electrons. The molecule has 19 heavy (non-hydrogen) atoms. The summed E-state index contributed by atoms with van der Waals surface area (Å²) in [5.74, 6) is 1.16. The van der Waals surface area contributed by atoms with Gasteiger partial charge in [0.1, 0.15) is 6.04 Å². The monoisotopic (exact) mass is 299 g/mol. The first-order valence-corrected chi connectivity index (χ1v) is 7.97. The van der Waals surface area contributed by atoms with Gasteiger partial charge in [-0.05, 0) is 19.1 Å². The van der Waals surface area contributed by atoms with Crippen LogP contribution in [0.25, 0.3) is 0 Å². The number of carboxylic acids is 1. The van der Waals surface area contributed by atoms with Crippen molar-refractivity contribution < 1.29 is 14.7 Å². The highest BCUT2D eigenvalue weighted by molar-refractivity contribution is 8.03. The molecule has 0 heterocycles. The molecule has 1 atom stereocenters. The molecule has 0 aromatic heterocycles. The number of amides is 1. The van der Waals surface area contributed by atoms with Gasteiger partial charge >= 0.3 is 5.97 Å². The molecule has 0 aliphatic rings. The van der Waals surface area contributed by atoms with Crippen LogP contribution in [0.4, 0.5) is 0 Å². The van der Waals surface area contributed by atoms with E-state index in [0.29, 0.717) is 12.2 Å². The van der Waals surface area contributed by atoms with Crippen LogP contribution in [0, 0.1) is 6.92 Å². The molecule has 6 heteroatoms. The summed E-state index contributed by atoms with van der Waals surface area (Å²) in [6, 6.07) is 7.51. The van der Waals surface area contributed by atoms with Gasteiger partial charge in [-0.15, -0.1) is 11.8 Å². The second-order valence-electron chi connectivity index (χ2n) is 3.91. The molecular formula is C13H17NO3S2. The number of aliphatic carboxylic acids is 1. The maximum Gasteiger partial charge on any atom is 0.327 e. The number of hydrogen-bond donors (Lipinski definition) is 2. The molecule has 0 spiro atoms.